The lowest BCUT2D eigenvalue weighted by atomic mass is 10.1. The van der Waals surface area contributed by atoms with Crippen LogP contribution in [0.1, 0.15) is 6.92 Å². The Bertz CT molecular complexity index is 542. The number of pyridine rings is 1. The minimum atomic E-state index is 0.216. The van der Waals surface area contributed by atoms with Crippen LogP contribution in [0.15, 0.2) is 22.8 Å². The van der Waals surface area contributed by atoms with Crippen LogP contribution in [-0.2, 0) is 0 Å². The van der Waals surface area contributed by atoms with Gasteiger partial charge in [0.25, 0.3) is 0 Å². The summed E-state index contributed by atoms with van der Waals surface area (Å²) in [5.41, 5.74) is 6.87. The van der Waals surface area contributed by atoms with Crippen molar-refractivity contribution in [2.75, 3.05) is 18.0 Å². The van der Waals surface area contributed by atoms with Gasteiger partial charge in [0.2, 0.25) is 5.95 Å². The van der Waals surface area contributed by atoms with E-state index >= 15 is 0 Å². The average molecular weight is 296 g/mol. The first-order valence-corrected chi connectivity index (χ1v) is 6.45. The van der Waals surface area contributed by atoms with Gasteiger partial charge in [0.15, 0.2) is 5.65 Å². The number of nitrogens with two attached hydrogens (primary N) is 1. The molecule has 0 saturated carbocycles. The van der Waals surface area contributed by atoms with E-state index in [9.17, 15) is 0 Å². The van der Waals surface area contributed by atoms with Crippen LogP contribution in [0.2, 0.25) is 0 Å². The first-order valence-electron chi connectivity index (χ1n) is 5.66. The highest BCUT2D eigenvalue weighted by molar-refractivity contribution is 9.10. The molecule has 0 amide bonds. The van der Waals surface area contributed by atoms with Crippen molar-refractivity contribution in [1.29, 1.82) is 0 Å². The van der Waals surface area contributed by atoms with Gasteiger partial charge in [-0.25, -0.2) is 4.52 Å². The van der Waals surface area contributed by atoms with Crippen molar-refractivity contribution >= 4 is 27.5 Å². The van der Waals surface area contributed by atoms with E-state index in [1.54, 1.807) is 4.52 Å². The lowest BCUT2D eigenvalue weighted by molar-refractivity contribution is 0.566. The zero-order valence-electron chi connectivity index (χ0n) is 9.55. The minimum Gasteiger partial charge on any atom is -0.338 e. The SMILES string of the molecule is CC1CN(c2nc3ccc(Br)cn3n2)CC1N. The molecule has 0 bridgehead atoms. The second kappa shape index (κ2) is 3.96. The molecule has 2 aromatic rings. The van der Waals surface area contributed by atoms with Crippen LogP contribution in [0.25, 0.3) is 5.65 Å². The Labute approximate surface area is 108 Å². The van der Waals surface area contributed by atoms with Gasteiger partial charge in [-0.2, -0.15) is 4.98 Å². The standard InChI is InChI=1S/C11H14BrN5/c1-7-4-16(6-9(7)13)11-14-10-3-2-8(12)5-17(10)15-11/h2-3,5,7,9H,4,6,13H2,1H3. The molecule has 2 N–H and O–H groups in total. The molecular weight excluding hydrogens is 282 g/mol. The predicted molar refractivity (Wildman–Crippen MR) is 70.0 cm³/mol. The van der Waals surface area contributed by atoms with Crippen LogP contribution < -0.4 is 10.6 Å². The topological polar surface area (TPSA) is 59.5 Å². The van der Waals surface area contributed by atoms with Gasteiger partial charge in [-0.15, -0.1) is 5.10 Å². The summed E-state index contributed by atoms with van der Waals surface area (Å²) >= 11 is 3.42. The molecule has 2 aromatic heterocycles. The van der Waals surface area contributed by atoms with Crippen LogP contribution >= 0.6 is 15.9 Å². The summed E-state index contributed by atoms with van der Waals surface area (Å²) in [5.74, 6) is 1.26. The summed E-state index contributed by atoms with van der Waals surface area (Å²) in [7, 11) is 0. The fourth-order valence-electron chi connectivity index (χ4n) is 2.14. The highest BCUT2D eigenvalue weighted by Gasteiger charge is 2.28. The molecule has 90 valence electrons. The lowest BCUT2D eigenvalue weighted by Crippen LogP contribution is -2.28. The van der Waals surface area contributed by atoms with E-state index in [-0.39, 0.29) is 6.04 Å². The lowest BCUT2D eigenvalue weighted by Gasteiger charge is -2.11. The maximum atomic E-state index is 6.01. The number of fused-ring (bicyclic) bond motifs is 1. The predicted octanol–water partition coefficient (Wildman–Crippen LogP) is 1.28. The Balaban J connectivity index is 1.96. The Hall–Kier alpha value is -1.14. The van der Waals surface area contributed by atoms with Crippen LogP contribution in [0.3, 0.4) is 0 Å². The molecule has 3 heterocycles. The first-order chi connectivity index (χ1) is 8.13. The maximum Gasteiger partial charge on any atom is 0.245 e. The van der Waals surface area contributed by atoms with Crippen molar-refractivity contribution in [1.82, 2.24) is 14.6 Å². The second-order valence-corrected chi connectivity index (χ2v) is 5.52. The molecule has 5 nitrogen and oxygen atoms in total. The Kier molecular flexibility index (Phi) is 2.56. The van der Waals surface area contributed by atoms with Crippen molar-refractivity contribution in [3.63, 3.8) is 0 Å². The van der Waals surface area contributed by atoms with Gasteiger partial charge in [0.1, 0.15) is 0 Å². The van der Waals surface area contributed by atoms with Crippen molar-refractivity contribution in [2.24, 2.45) is 11.7 Å². The van der Waals surface area contributed by atoms with Gasteiger partial charge < -0.3 is 10.6 Å². The molecule has 1 saturated heterocycles. The van der Waals surface area contributed by atoms with Gasteiger partial charge in [-0.05, 0) is 34.0 Å². The van der Waals surface area contributed by atoms with E-state index in [0.29, 0.717) is 5.92 Å². The van der Waals surface area contributed by atoms with Gasteiger partial charge in [0.05, 0.1) is 0 Å². The maximum absolute atomic E-state index is 6.01. The van der Waals surface area contributed by atoms with Crippen LogP contribution in [0, 0.1) is 5.92 Å². The number of nitrogens with zero attached hydrogens (tertiary/aromatic N) is 4. The highest BCUT2D eigenvalue weighted by atomic mass is 79.9. The van der Waals surface area contributed by atoms with E-state index in [2.05, 4.69) is 37.8 Å². The third kappa shape index (κ3) is 1.91. The fourth-order valence-corrected chi connectivity index (χ4v) is 2.46. The molecule has 0 aliphatic carbocycles. The Morgan fingerprint density at radius 2 is 2.24 bits per heavy atom. The number of anilines is 1. The second-order valence-electron chi connectivity index (χ2n) is 4.61. The van der Waals surface area contributed by atoms with Crippen molar-refractivity contribution in [3.05, 3.63) is 22.8 Å². The molecule has 0 aromatic carbocycles. The van der Waals surface area contributed by atoms with Gasteiger partial charge in [-0.3, -0.25) is 0 Å². The van der Waals surface area contributed by atoms with Crippen molar-refractivity contribution < 1.29 is 0 Å². The third-order valence-electron chi connectivity index (χ3n) is 3.24. The molecule has 2 atom stereocenters. The number of aromatic nitrogens is 3. The van der Waals surface area contributed by atoms with Crippen LogP contribution in [-0.4, -0.2) is 33.7 Å². The van der Waals surface area contributed by atoms with Crippen LogP contribution in [0.5, 0.6) is 0 Å². The highest BCUT2D eigenvalue weighted by Crippen LogP contribution is 2.21. The minimum absolute atomic E-state index is 0.216. The average Bonchev–Trinajstić information content (AvgIpc) is 2.83. The fraction of sp³-hybridized carbons (Fsp3) is 0.455. The Morgan fingerprint density at radius 3 is 2.94 bits per heavy atom. The molecule has 6 heteroatoms. The van der Waals surface area contributed by atoms with E-state index < -0.39 is 0 Å². The normalized spacial score (nSPS) is 24.8. The zero-order chi connectivity index (χ0) is 12.0. The number of hydrogen-bond acceptors (Lipinski definition) is 4. The largest absolute Gasteiger partial charge is 0.338 e. The van der Waals surface area contributed by atoms with Crippen molar-refractivity contribution in [2.45, 2.75) is 13.0 Å². The summed E-state index contributed by atoms with van der Waals surface area (Å²) in [5, 5.41) is 4.47. The zero-order valence-corrected chi connectivity index (χ0v) is 11.1. The quantitative estimate of drug-likeness (QED) is 0.861. The molecular formula is C11H14BrN5. The molecule has 1 aliphatic rings. The molecule has 0 radical (unpaired) electrons. The van der Waals surface area contributed by atoms with Gasteiger partial charge >= 0.3 is 0 Å². The molecule has 0 spiro atoms. The van der Waals surface area contributed by atoms with E-state index in [0.717, 1.165) is 29.2 Å². The van der Waals surface area contributed by atoms with E-state index in [1.165, 1.54) is 0 Å². The number of hydrogen-bond donors (Lipinski definition) is 1. The summed E-state index contributed by atoms with van der Waals surface area (Å²) < 4.78 is 2.78. The third-order valence-corrected chi connectivity index (χ3v) is 3.71. The molecule has 2 unspecified atom stereocenters. The summed E-state index contributed by atoms with van der Waals surface area (Å²) in [6.07, 6.45) is 1.91. The number of rotatable bonds is 1. The van der Waals surface area contributed by atoms with Crippen LogP contribution in [0.4, 0.5) is 5.95 Å². The molecule has 1 fully saturated rings. The van der Waals surface area contributed by atoms with E-state index in [4.69, 9.17) is 5.73 Å². The number of halogens is 1. The summed E-state index contributed by atoms with van der Waals surface area (Å²) in [4.78, 5) is 6.66. The smallest absolute Gasteiger partial charge is 0.245 e. The first kappa shape index (κ1) is 11.0. The van der Waals surface area contributed by atoms with E-state index in [1.807, 2.05) is 18.3 Å². The monoisotopic (exact) mass is 295 g/mol. The summed E-state index contributed by atoms with van der Waals surface area (Å²) in [6, 6.07) is 4.12. The molecule has 17 heavy (non-hydrogen) atoms. The van der Waals surface area contributed by atoms with Crippen molar-refractivity contribution in [3.8, 4) is 0 Å². The molecule has 3 rings (SSSR count). The Morgan fingerprint density at radius 1 is 1.41 bits per heavy atom. The molecule has 1 aliphatic heterocycles. The summed E-state index contributed by atoms with van der Waals surface area (Å²) in [6.45, 7) is 3.93. The van der Waals surface area contributed by atoms with Gasteiger partial charge in [-0.1, -0.05) is 6.92 Å². The van der Waals surface area contributed by atoms with Gasteiger partial charge in [0, 0.05) is 29.8 Å².